The maximum atomic E-state index is 5.87. The highest BCUT2D eigenvalue weighted by Crippen LogP contribution is 2.28. The van der Waals surface area contributed by atoms with Crippen molar-refractivity contribution in [3.8, 4) is 0 Å². The van der Waals surface area contributed by atoms with Gasteiger partial charge < -0.3 is 10.1 Å². The first-order chi connectivity index (χ1) is 8.33. The van der Waals surface area contributed by atoms with E-state index in [1.807, 2.05) is 6.07 Å². The Bertz CT molecular complexity index is 478. The number of nitrogens with zero attached hydrogens (tertiary/aromatic N) is 1. The molecule has 1 saturated heterocycles. The van der Waals surface area contributed by atoms with Crippen LogP contribution in [0.25, 0.3) is 10.2 Å². The van der Waals surface area contributed by atoms with Gasteiger partial charge in [0.15, 0.2) is 0 Å². The fourth-order valence-electron chi connectivity index (χ4n) is 2.04. The molecule has 2 heterocycles. The van der Waals surface area contributed by atoms with E-state index in [0.717, 1.165) is 30.1 Å². The van der Waals surface area contributed by atoms with Crippen molar-refractivity contribution < 1.29 is 4.74 Å². The lowest BCUT2D eigenvalue weighted by molar-refractivity contribution is 0.0664. The lowest BCUT2D eigenvalue weighted by atomic mass is 10.2. The molecule has 3 rings (SSSR count). The number of thiazole rings is 1. The van der Waals surface area contributed by atoms with E-state index in [4.69, 9.17) is 4.74 Å². The van der Waals surface area contributed by atoms with Gasteiger partial charge in [-0.1, -0.05) is 12.1 Å². The summed E-state index contributed by atoms with van der Waals surface area (Å²) in [5.74, 6) is 0. The maximum absolute atomic E-state index is 5.87. The smallest absolute Gasteiger partial charge is 0.124 e. The zero-order chi connectivity index (χ0) is 11.7. The number of para-hydroxylation sites is 1. The predicted octanol–water partition coefficient (Wildman–Crippen LogP) is 2.74. The summed E-state index contributed by atoms with van der Waals surface area (Å²) in [4.78, 5) is 4.66. The van der Waals surface area contributed by atoms with Gasteiger partial charge in [-0.3, -0.25) is 0 Å². The van der Waals surface area contributed by atoms with Crippen LogP contribution in [0.15, 0.2) is 24.3 Å². The number of hydrogen-bond donors (Lipinski definition) is 1. The zero-order valence-corrected chi connectivity index (χ0v) is 10.7. The van der Waals surface area contributed by atoms with Crippen LogP contribution in [-0.2, 0) is 4.74 Å². The molecule has 2 atom stereocenters. The number of fused-ring (bicyclic) bond motifs is 1. The van der Waals surface area contributed by atoms with E-state index in [0.29, 0.717) is 6.04 Å². The molecule has 1 aliphatic rings. The third kappa shape index (κ3) is 2.34. The second kappa shape index (κ2) is 4.72. The first kappa shape index (κ1) is 11.1. The van der Waals surface area contributed by atoms with Crippen LogP contribution in [-0.4, -0.2) is 24.2 Å². The number of nitrogens with one attached hydrogen (secondary N) is 1. The Balaban J connectivity index is 1.87. The van der Waals surface area contributed by atoms with Gasteiger partial charge >= 0.3 is 0 Å². The fraction of sp³-hybridized carbons (Fsp3) is 0.462. The van der Waals surface area contributed by atoms with E-state index >= 15 is 0 Å². The van der Waals surface area contributed by atoms with Crippen molar-refractivity contribution in [2.24, 2.45) is 0 Å². The van der Waals surface area contributed by atoms with E-state index in [9.17, 15) is 0 Å². The Labute approximate surface area is 105 Å². The quantitative estimate of drug-likeness (QED) is 0.842. The minimum Gasteiger partial charge on any atom is -0.370 e. The highest BCUT2D eigenvalue weighted by molar-refractivity contribution is 7.18. The van der Waals surface area contributed by atoms with Gasteiger partial charge in [0.2, 0.25) is 0 Å². The van der Waals surface area contributed by atoms with E-state index in [1.54, 1.807) is 11.3 Å². The normalized spacial score (nSPS) is 25.9. The van der Waals surface area contributed by atoms with E-state index in [2.05, 4.69) is 35.4 Å². The van der Waals surface area contributed by atoms with Crippen molar-refractivity contribution in [1.29, 1.82) is 0 Å². The topological polar surface area (TPSA) is 34.1 Å². The summed E-state index contributed by atoms with van der Waals surface area (Å²) >= 11 is 1.74. The average molecular weight is 248 g/mol. The van der Waals surface area contributed by atoms with E-state index < -0.39 is 0 Å². The summed E-state index contributed by atoms with van der Waals surface area (Å²) in [6.45, 7) is 3.87. The molecule has 1 fully saturated rings. The average Bonchev–Trinajstić information content (AvgIpc) is 2.65. The standard InChI is InChI=1S/C13H16N2OS/c1-9-6-7-16-11(8-14-9)13-15-10-4-2-3-5-12(10)17-13/h2-5,9,11,14H,6-8H2,1H3. The molecule has 1 aliphatic heterocycles. The molecule has 0 aliphatic carbocycles. The van der Waals surface area contributed by atoms with E-state index in [-0.39, 0.29) is 6.10 Å². The van der Waals surface area contributed by atoms with Crippen LogP contribution < -0.4 is 5.32 Å². The lowest BCUT2D eigenvalue weighted by Crippen LogP contribution is -2.27. The lowest BCUT2D eigenvalue weighted by Gasteiger charge is -2.11. The summed E-state index contributed by atoms with van der Waals surface area (Å²) in [5.41, 5.74) is 1.08. The Morgan fingerprint density at radius 1 is 1.41 bits per heavy atom. The molecule has 4 heteroatoms. The van der Waals surface area contributed by atoms with Gasteiger partial charge in [0, 0.05) is 19.2 Å². The Morgan fingerprint density at radius 3 is 3.18 bits per heavy atom. The molecule has 0 saturated carbocycles. The second-order valence-electron chi connectivity index (χ2n) is 4.48. The largest absolute Gasteiger partial charge is 0.370 e. The monoisotopic (exact) mass is 248 g/mol. The number of rotatable bonds is 1. The zero-order valence-electron chi connectivity index (χ0n) is 9.85. The van der Waals surface area contributed by atoms with Crippen LogP contribution in [0, 0.1) is 0 Å². The van der Waals surface area contributed by atoms with Crippen LogP contribution >= 0.6 is 11.3 Å². The van der Waals surface area contributed by atoms with Crippen molar-refractivity contribution in [3.63, 3.8) is 0 Å². The predicted molar refractivity (Wildman–Crippen MR) is 70.4 cm³/mol. The number of hydrogen-bond acceptors (Lipinski definition) is 4. The Kier molecular flexibility index (Phi) is 3.09. The van der Waals surface area contributed by atoms with Crippen LogP contribution in [0.2, 0.25) is 0 Å². The molecule has 0 bridgehead atoms. The molecule has 2 unspecified atom stereocenters. The molecule has 90 valence electrons. The van der Waals surface area contributed by atoms with Crippen molar-refractivity contribution in [2.45, 2.75) is 25.5 Å². The first-order valence-electron chi connectivity index (χ1n) is 6.03. The molecule has 0 radical (unpaired) electrons. The third-order valence-electron chi connectivity index (χ3n) is 3.11. The van der Waals surface area contributed by atoms with Gasteiger partial charge in [0.1, 0.15) is 11.1 Å². The summed E-state index contributed by atoms with van der Waals surface area (Å²) < 4.78 is 7.11. The first-order valence-corrected chi connectivity index (χ1v) is 6.85. The van der Waals surface area contributed by atoms with Crippen LogP contribution in [0.5, 0.6) is 0 Å². The van der Waals surface area contributed by atoms with Gasteiger partial charge in [-0.2, -0.15) is 0 Å². The Morgan fingerprint density at radius 2 is 2.29 bits per heavy atom. The summed E-state index contributed by atoms with van der Waals surface area (Å²) in [6, 6.07) is 8.79. The van der Waals surface area contributed by atoms with Gasteiger partial charge in [0.05, 0.1) is 10.2 Å². The van der Waals surface area contributed by atoms with Gasteiger partial charge in [-0.15, -0.1) is 11.3 Å². The molecule has 2 aromatic rings. The highest BCUT2D eigenvalue weighted by atomic mass is 32.1. The fourth-order valence-corrected chi connectivity index (χ4v) is 3.06. The van der Waals surface area contributed by atoms with Gasteiger partial charge in [-0.25, -0.2) is 4.98 Å². The molecular formula is C13H16N2OS. The second-order valence-corrected chi connectivity index (χ2v) is 5.54. The van der Waals surface area contributed by atoms with Crippen molar-refractivity contribution in [1.82, 2.24) is 10.3 Å². The third-order valence-corrected chi connectivity index (χ3v) is 4.24. The minimum atomic E-state index is 0.109. The molecule has 17 heavy (non-hydrogen) atoms. The molecule has 1 aromatic heterocycles. The number of aromatic nitrogens is 1. The molecule has 1 aromatic carbocycles. The molecule has 3 nitrogen and oxygen atoms in total. The van der Waals surface area contributed by atoms with Gasteiger partial charge in [-0.05, 0) is 25.5 Å². The minimum absolute atomic E-state index is 0.109. The summed E-state index contributed by atoms with van der Waals surface area (Å²) in [5, 5.41) is 4.57. The van der Waals surface area contributed by atoms with Crippen LogP contribution in [0.3, 0.4) is 0 Å². The van der Waals surface area contributed by atoms with Crippen LogP contribution in [0.4, 0.5) is 0 Å². The highest BCUT2D eigenvalue weighted by Gasteiger charge is 2.20. The summed E-state index contributed by atoms with van der Waals surface area (Å²) in [7, 11) is 0. The van der Waals surface area contributed by atoms with E-state index in [1.165, 1.54) is 4.70 Å². The Hall–Kier alpha value is -0.970. The van der Waals surface area contributed by atoms with Crippen LogP contribution in [0.1, 0.15) is 24.5 Å². The van der Waals surface area contributed by atoms with Crippen molar-refractivity contribution in [2.75, 3.05) is 13.2 Å². The molecular weight excluding hydrogens is 232 g/mol. The molecule has 1 N–H and O–H groups in total. The van der Waals surface area contributed by atoms with Gasteiger partial charge in [0.25, 0.3) is 0 Å². The molecule has 0 spiro atoms. The number of ether oxygens (including phenoxy) is 1. The van der Waals surface area contributed by atoms with Crippen molar-refractivity contribution in [3.05, 3.63) is 29.3 Å². The molecule has 0 amide bonds. The SMILES string of the molecule is CC1CCOC(c2nc3ccccc3s2)CN1. The van der Waals surface area contributed by atoms with Crippen molar-refractivity contribution >= 4 is 21.6 Å². The maximum Gasteiger partial charge on any atom is 0.124 e. The number of benzene rings is 1. The summed E-state index contributed by atoms with van der Waals surface area (Å²) in [6.07, 6.45) is 1.18.